The molecule has 3 aromatic heterocycles. The number of hydrogen-bond donors (Lipinski definition) is 2. The Kier molecular flexibility index (Phi) is 6.20. The number of fused-ring (bicyclic) bond motifs is 1. The molecule has 200 valence electrons. The van der Waals surface area contributed by atoms with Crippen LogP contribution in [-0.4, -0.2) is 62.4 Å². The number of ether oxygens (including phenoxy) is 2. The highest BCUT2D eigenvalue weighted by Crippen LogP contribution is 2.39. The largest absolute Gasteiger partial charge is 0.433 e. The predicted octanol–water partition coefficient (Wildman–Crippen LogP) is 3.72. The number of benzene rings is 1. The fourth-order valence-electron chi connectivity index (χ4n) is 5.30. The maximum absolute atomic E-state index is 13.9. The molecule has 2 atom stereocenters. The van der Waals surface area contributed by atoms with Gasteiger partial charge in [0.05, 0.1) is 31.0 Å². The third-order valence-electron chi connectivity index (χ3n) is 7.50. The van der Waals surface area contributed by atoms with Crippen LogP contribution < -0.4 is 5.32 Å². The summed E-state index contributed by atoms with van der Waals surface area (Å²) in [6.45, 7) is 4.00. The van der Waals surface area contributed by atoms with Crippen molar-refractivity contribution in [3.63, 3.8) is 0 Å². The van der Waals surface area contributed by atoms with Crippen LogP contribution in [-0.2, 0) is 34.5 Å². The van der Waals surface area contributed by atoms with Gasteiger partial charge < -0.3 is 19.4 Å². The summed E-state index contributed by atoms with van der Waals surface area (Å²) in [5.74, 6) is 0.837. The molecule has 0 bridgehead atoms. The monoisotopic (exact) mass is 527 g/mol. The lowest BCUT2D eigenvalue weighted by molar-refractivity contribution is -0.141. The molecule has 2 aliphatic heterocycles. The van der Waals surface area contributed by atoms with Crippen LogP contribution in [0.5, 0.6) is 0 Å². The van der Waals surface area contributed by atoms with E-state index in [-0.39, 0.29) is 17.2 Å². The molecule has 2 fully saturated rings. The molecule has 2 saturated heterocycles. The van der Waals surface area contributed by atoms with Gasteiger partial charge in [-0.1, -0.05) is 18.2 Å². The van der Waals surface area contributed by atoms with Gasteiger partial charge in [-0.05, 0) is 31.0 Å². The smallest absolute Gasteiger partial charge is 0.380 e. The van der Waals surface area contributed by atoms with Crippen molar-refractivity contribution < 1.29 is 22.6 Å². The number of aromatic amines is 1. The van der Waals surface area contributed by atoms with E-state index in [1.165, 1.54) is 0 Å². The van der Waals surface area contributed by atoms with Crippen molar-refractivity contribution in [2.24, 2.45) is 7.05 Å². The molecule has 2 N–H and O–H groups in total. The van der Waals surface area contributed by atoms with Crippen LogP contribution in [0.1, 0.15) is 42.2 Å². The van der Waals surface area contributed by atoms with E-state index in [0.717, 1.165) is 23.9 Å². The van der Waals surface area contributed by atoms with Crippen molar-refractivity contribution in [3.8, 4) is 11.3 Å². The van der Waals surface area contributed by atoms with Gasteiger partial charge in [0, 0.05) is 48.5 Å². The Hall–Kier alpha value is -3.35. The van der Waals surface area contributed by atoms with Crippen LogP contribution in [0, 0.1) is 0 Å². The second-order valence-electron chi connectivity index (χ2n) is 10.2. The summed E-state index contributed by atoms with van der Waals surface area (Å²) >= 11 is 0. The number of aryl methyl sites for hydroxylation is 1. The fraction of sp³-hybridized carbons (Fsp3) is 0.462. The van der Waals surface area contributed by atoms with Gasteiger partial charge in [0.25, 0.3) is 0 Å². The van der Waals surface area contributed by atoms with Gasteiger partial charge in [-0.3, -0.25) is 5.10 Å². The van der Waals surface area contributed by atoms with Crippen molar-refractivity contribution >= 4 is 10.9 Å². The average Bonchev–Trinajstić information content (AvgIpc) is 3.62. The first-order valence-corrected chi connectivity index (χ1v) is 12.5. The summed E-state index contributed by atoms with van der Waals surface area (Å²) in [5.41, 5.74) is 1.70. The molecular formula is C26H28F3N7O2. The molecule has 9 nitrogen and oxygen atoms in total. The lowest BCUT2D eigenvalue weighted by Crippen LogP contribution is -2.49. The molecular weight excluding hydrogens is 499 g/mol. The van der Waals surface area contributed by atoms with E-state index in [1.54, 1.807) is 6.33 Å². The second kappa shape index (κ2) is 9.44. The third-order valence-corrected chi connectivity index (χ3v) is 7.50. The van der Waals surface area contributed by atoms with Crippen molar-refractivity contribution in [1.82, 2.24) is 35.3 Å². The van der Waals surface area contributed by atoms with Gasteiger partial charge in [0.15, 0.2) is 0 Å². The molecule has 0 amide bonds. The van der Waals surface area contributed by atoms with Gasteiger partial charge in [0.2, 0.25) is 0 Å². The van der Waals surface area contributed by atoms with Gasteiger partial charge >= 0.3 is 6.18 Å². The quantitative estimate of drug-likeness (QED) is 0.378. The van der Waals surface area contributed by atoms with Crippen LogP contribution in [0.15, 0.2) is 36.7 Å². The first-order chi connectivity index (χ1) is 18.2. The molecule has 12 heteroatoms. The standard InChI is InChI=1S/C26H28F3N7O2/c1-15(31-18-6-7-37-11-18)22-24-19(9-20(32-22)26(27,28)29)23(34-35-24)16-4-3-5-17(8-16)25(12-38-13-25)10-21-33-30-14-36(21)2/h3-5,8-9,14-15,18,31H,6-7,10-13H2,1-2H3,(H,34,35)/t15-,18+/m0/s1. The Labute approximate surface area is 216 Å². The summed E-state index contributed by atoms with van der Waals surface area (Å²) in [6.07, 6.45) is -1.50. The zero-order valence-corrected chi connectivity index (χ0v) is 21.0. The zero-order chi connectivity index (χ0) is 26.5. The maximum Gasteiger partial charge on any atom is 0.433 e. The minimum Gasteiger partial charge on any atom is -0.380 e. The van der Waals surface area contributed by atoms with Crippen molar-refractivity contribution in [1.29, 1.82) is 0 Å². The Morgan fingerprint density at radius 3 is 2.74 bits per heavy atom. The third kappa shape index (κ3) is 4.46. The van der Waals surface area contributed by atoms with Crippen LogP contribution in [0.4, 0.5) is 13.2 Å². The normalized spacial score (nSPS) is 20.1. The zero-order valence-electron chi connectivity index (χ0n) is 21.0. The molecule has 0 saturated carbocycles. The molecule has 2 aliphatic rings. The van der Waals surface area contributed by atoms with E-state index in [0.29, 0.717) is 55.0 Å². The minimum absolute atomic E-state index is 0.0604. The van der Waals surface area contributed by atoms with Crippen molar-refractivity contribution in [2.75, 3.05) is 26.4 Å². The summed E-state index contributed by atoms with van der Waals surface area (Å²) in [7, 11) is 1.90. The van der Waals surface area contributed by atoms with Crippen LogP contribution in [0.3, 0.4) is 0 Å². The molecule has 0 unspecified atom stereocenters. The molecule has 38 heavy (non-hydrogen) atoms. The maximum atomic E-state index is 13.9. The number of hydrogen-bond acceptors (Lipinski definition) is 7. The number of aromatic nitrogens is 6. The van der Waals surface area contributed by atoms with Crippen LogP contribution in [0.25, 0.3) is 22.2 Å². The molecule has 1 aromatic carbocycles. The van der Waals surface area contributed by atoms with E-state index in [2.05, 4.69) is 30.7 Å². The second-order valence-corrected chi connectivity index (χ2v) is 10.2. The summed E-state index contributed by atoms with van der Waals surface area (Å²) in [5, 5.41) is 19.4. The first kappa shape index (κ1) is 25.0. The lowest BCUT2D eigenvalue weighted by atomic mass is 9.75. The molecule has 0 radical (unpaired) electrons. The Bertz CT molecular complexity index is 1450. The highest BCUT2D eigenvalue weighted by Gasteiger charge is 2.42. The van der Waals surface area contributed by atoms with Gasteiger partial charge in [-0.2, -0.15) is 18.3 Å². The van der Waals surface area contributed by atoms with Gasteiger partial charge in [-0.15, -0.1) is 10.2 Å². The first-order valence-electron chi connectivity index (χ1n) is 12.5. The molecule has 5 heterocycles. The van der Waals surface area contributed by atoms with E-state index in [1.807, 2.05) is 42.8 Å². The fourth-order valence-corrected chi connectivity index (χ4v) is 5.30. The number of halogens is 3. The highest BCUT2D eigenvalue weighted by atomic mass is 19.4. The molecule has 0 aliphatic carbocycles. The van der Waals surface area contributed by atoms with Gasteiger partial charge in [0.1, 0.15) is 23.5 Å². The number of pyridine rings is 1. The summed E-state index contributed by atoms with van der Waals surface area (Å²) < 4.78 is 54.7. The van der Waals surface area contributed by atoms with Crippen molar-refractivity contribution in [2.45, 2.75) is 43.4 Å². The van der Waals surface area contributed by atoms with E-state index >= 15 is 0 Å². The number of H-pyrrole nitrogens is 1. The Balaban J connectivity index is 1.41. The van der Waals surface area contributed by atoms with E-state index < -0.39 is 17.9 Å². The summed E-state index contributed by atoms with van der Waals surface area (Å²) in [4.78, 5) is 4.02. The van der Waals surface area contributed by atoms with E-state index in [4.69, 9.17) is 9.47 Å². The average molecular weight is 528 g/mol. The SMILES string of the molecule is C[C@H](N[C@@H]1CCOC1)c1nc(C(F)(F)F)cc2c(-c3cccc(C4(Cc5nncn5C)COC4)c3)n[nH]c12. The topological polar surface area (TPSA) is 103 Å². The Morgan fingerprint density at radius 1 is 1.24 bits per heavy atom. The predicted molar refractivity (Wildman–Crippen MR) is 132 cm³/mol. The van der Waals surface area contributed by atoms with Crippen LogP contribution >= 0.6 is 0 Å². The number of nitrogens with zero attached hydrogens (tertiary/aromatic N) is 5. The highest BCUT2D eigenvalue weighted by molar-refractivity contribution is 5.94. The number of alkyl halides is 3. The molecule has 6 rings (SSSR count). The molecule has 0 spiro atoms. The Morgan fingerprint density at radius 2 is 2.08 bits per heavy atom. The van der Waals surface area contributed by atoms with Crippen LogP contribution in [0.2, 0.25) is 0 Å². The minimum atomic E-state index is -4.60. The summed E-state index contributed by atoms with van der Waals surface area (Å²) in [6, 6.07) is 8.47. The number of rotatable bonds is 7. The number of nitrogens with one attached hydrogen (secondary N) is 2. The van der Waals surface area contributed by atoms with Crippen molar-refractivity contribution in [3.05, 3.63) is 59.4 Å². The lowest BCUT2D eigenvalue weighted by Gasteiger charge is -2.41. The van der Waals surface area contributed by atoms with Gasteiger partial charge in [-0.25, -0.2) is 4.98 Å². The molecule has 4 aromatic rings. The van der Waals surface area contributed by atoms with E-state index in [9.17, 15) is 13.2 Å².